The Hall–Kier alpha value is -3.52. The third-order valence-electron chi connectivity index (χ3n) is 4.90. The topological polar surface area (TPSA) is 111 Å². The molecule has 0 saturated heterocycles. The van der Waals surface area contributed by atoms with E-state index in [2.05, 4.69) is 21.6 Å². The lowest BCUT2D eigenvalue weighted by Crippen LogP contribution is -2.13. The molecular weight excluding hydrogens is 410 g/mol. The Balaban J connectivity index is 1.78. The van der Waals surface area contributed by atoms with Crippen LogP contribution in [0.1, 0.15) is 24.6 Å². The van der Waals surface area contributed by atoms with Crippen molar-refractivity contribution in [2.75, 3.05) is 10.5 Å². The maximum absolute atomic E-state index is 12.9. The molecule has 0 atom stereocenters. The molecule has 4 aromatic rings. The van der Waals surface area contributed by atoms with E-state index in [-0.39, 0.29) is 10.8 Å². The van der Waals surface area contributed by atoms with E-state index >= 15 is 0 Å². The van der Waals surface area contributed by atoms with Crippen molar-refractivity contribution in [3.05, 3.63) is 71.9 Å². The molecule has 0 spiro atoms. The second-order valence-electron chi connectivity index (χ2n) is 7.31. The normalized spacial score (nSPS) is 11.5. The smallest absolute Gasteiger partial charge is 0.261 e. The van der Waals surface area contributed by atoms with Gasteiger partial charge in [0.1, 0.15) is 5.52 Å². The van der Waals surface area contributed by atoms with Gasteiger partial charge >= 0.3 is 0 Å². The molecule has 2 heterocycles. The summed E-state index contributed by atoms with van der Waals surface area (Å²) in [5, 5.41) is 0. The molecule has 0 bridgehead atoms. The third kappa shape index (κ3) is 4.34. The van der Waals surface area contributed by atoms with E-state index in [9.17, 15) is 8.42 Å². The van der Waals surface area contributed by atoms with E-state index in [0.717, 1.165) is 24.1 Å². The lowest BCUT2D eigenvalue weighted by atomic mass is 10.1. The minimum Gasteiger partial charge on any atom is -0.368 e. The molecule has 7 nitrogen and oxygen atoms in total. The molecule has 31 heavy (non-hydrogen) atoms. The largest absolute Gasteiger partial charge is 0.368 e. The Morgan fingerprint density at radius 2 is 1.68 bits per heavy atom. The van der Waals surface area contributed by atoms with Crippen molar-refractivity contribution in [2.24, 2.45) is 0 Å². The number of rotatable bonds is 6. The van der Waals surface area contributed by atoms with Gasteiger partial charge in [0.05, 0.1) is 27.5 Å². The number of nitrogens with two attached hydrogens (primary N) is 1. The second kappa shape index (κ2) is 8.31. The van der Waals surface area contributed by atoms with Crippen LogP contribution >= 0.6 is 0 Å². The number of hydrogen-bond donors (Lipinski definition) is 2. The first kappa shape index (κ1) is 20.7. The van der Waals surface area contributed by atoms with E-state index < -0.39 is 10.0 Å². The molecule has 2 aromatic carbocycles. The molecule has 0 aliphatic heterocycles. The van der Waals surface area contributed by atoms with Crippen LogP contribution in [-0.4, -0.2) is 23.4 Å². The first-order valence-corrected chi connectivity index (χ1v) is 11.5. The maximum atomic E-state index is 12.9. The van der Waals surface area contributed by atoms with Crippen molar-refractivity contribution in [2.45, 2.75) is 31.6 Å². The maximum Gasteiger partial charge on any atom is 0.261 e. The molecule has 158 valence electrons. The summed E-state index contributed by atoms with van der Waals surface area (Å²) in [6.07, 6.45) is 1.62. The summed E-state index contributed by atoms with van der Waals surface area (Å²) in [4.78, 5) is 13.6. The molecular formula is C23H23N5O2S. The van der Waals surface area contributed by atoms with Gasteiger partial charge in [-0.3, -0.25) is 4.72 Å². The molecule has 8 heteroatoms. The van der Waals surface area contributed by atoms with Crippen molar-refractivity contribution < 1.29 is 8.42 Å². The van der Waals surface area contributed by atoms with Gasteiger partial charge in [-0.25, -0.2) is 23.4 Å². The second-order valence-corrected chi connectivity index (χ2v) is 8.99. The standard InChI is InChI=1S/C23H23N5O2S/c1-3-6-20-22-21(27-23(24)26-20)14-13-18(25-22)17-7-4-5-8-19(17)28-31(29,30)16-11-9-15(2)10-12-16/h4-5,7-14,28H,3,6H2,1-2H3,(H2,24,26,27). The fourth-order valence-electron chi connectivity index (χ4n) is 3.37. The zero-order valence-corrected chi connectivity index (χ0v) is 18.1. The van der Waals surface area contributed by atoms with Crippen LogP contribution in [0.3, 0.4) is 0 Å². The van der Waals surface area contributed by atoms with Crippen LogP contribution in [0.2, 0.25) is 0 Å². The molecule has 0 unspecified atom stereocenters. The number of para-hydroxylation sites is 1. The molecule has 0 aliphatic rings. The minimum absolute atomic E-state index is 0.202. The van der Waals surface area contributed by atoms with Crippen molar-refractivity contribution in [3.8, 4) is 11.3 Å². The predicted octanol–water partition coefficient (Wildman–Crippen LogP) is 4.34. The third-order valence-corrected chi connectivity index (χ3v) is 6.28. The number of hydrogen-bond acceptors (Lipinski definition) is 6. The molecule has 4 rings (SSSR count). The van der Waals surface area contributed by atoms with Gasteiger partial charge in [0, 0.05) is 5.56 Å². The van der Waals surface area contributed by atoms with E-state index in [0.29, 0.717) is 28.0 Å². The minimum atomic E-state index is -3.74. The number of aromatic nitrogens is 3. The van der Waals surface area contributed by atoms with Gasteiger partial charge in [0.25, 0.3) is 10.0 Å². The summed E-state index contributed by atoms with van der Waals surface area (Å²) in [7, 11) is -3.74. The van der Waals surface area contributed by atoms with E-state index in [1.807, 2.05) is 31.2 Å². The van der Waals surface area contributed by atoms with Gasteiger partial charge in [-0.15, -0.1) is 0 Å². The molecule has 3 N–H and O–H groups in total. The highest BCUT2D eigenvalue weighted by atomic mass is 32.2. The van der Waals surface area contributed by atoms with Crippen LogP contribution in [0.5, 0.6) is 0 Å². The number of anilines is 2. The fourth-order valence-corrected chi connectivity index (χ4v) is 4.45. The summed E-state index contributed by atoms with van der Waals surface area (Å²) < 4.78 is 28.5. The Morgan fingerprint density at radius 3 is 2.42 bits per heavy atom. The highest BCUT2D eigenvalue weighted by molar-refractivity contribution is 7.92. The van der Waals surface area contributed by atoms with Gasteiger partial charge in [-0.1, -0.05) is 49.2 Å². The number of nitrogen functional groups attached to an aromatic ring is 1. The van der Waals surface area contributed by atoms with Crippen molar-refractivity contribution in [1.29, 1.82) is 0 Å². The molecule has 0 radical (unpaired) electrons. The van der Waals surface area contributed by atoms with Crippen molar-refractivity contribution >= 4 is 32.7 Å². The Labute approximate surface area is 181 Å². The van der Waals surface area contributed by atoms with E-state index in [1.54, 1.807) is 36.4 Å². The molecule has 0 saturated carbocycles. The zero-order chi connectivity index (χ0) is 22.0. The Kier molecular flexibility index (Phi) is 5.56. The number of pyridine rings is 1. The summed E-state index contributed by atoms with van der Waals surface area (Å²) in [5.41, 5.74) is 10.7. The molecule has 0 aliphatic carbocycles. The summed E-state index contributed by atoms with van der Waals surface area (Å²) >= 11 is 0. The summed E-state index contributed by atoms with van der Waals surface area (Å²) in [6.45, 7) is 3.97. The van der Waals surface area contributed by atoms with Crippen LogP contribution in [-0.2, 0) is 16.4 Å². The molecule has 0 amide bonds. The number of benzene rings is 2. The number of nitrogens with one attached hydrogen (secondary N) is 1. The van der Waals surface area contributed by atoms with Gasteiger partial charge in [-0.05, 0) is 43.7 Å². The average molecular weight is 434 g/mol. The first-order valence-electron chi connectivity index (χ1n) is 9.99. The SMILES string of the molecule is CCCc1nc(N)nc2ccc(-c3ccccc3NS(=O)(=O)c3ccc(C)cc3)nc12. The van der Waals surface area contributed by atoms with Crippen LogP contribution in [0.15, 0.2) is 65.6 Å². The number of nitrogens with zero attached hydrogens (tertiary/aromatic N) is 3. The number of aryl methyl sites for hydroxylation is 2. The van der Waals surface area contributed by atoms with Crippen LogP contribution < -0.4 is 10.5 Å². The highest BCUT2D eigenvalue weighted by Gasteiger charge is 2.17. The van der Waals surface area contributed by atoms with Gasteiger partial charge in [-0.2, -0.15) is 0 Å². The van der Waals surface area contributed by atoms with Crippen LogP contribution in [0.4, 0.5) is 11.6 Å². The van der Waals surface area contributed by atoms with E-state index in [4.69, 9.17) is 10.7 Å². The lowest BCUT2D eigenvalue weighted by Gasteiger charge is -2.13. The number of fused-ring (bicyclic) bond motifs is 1. The van der Waals surface area contributed by atoms with Gasteiger partial charge in [0.15, 0.2) is 0 Å². The first-order chi connectivity index (χ1) is 14.9. The predicted molar refractivity (Wildman–Crippen MR) is 123 cm³/mol. The monoisotopic (exact) mass is 433 g/mol. The Bertz CT molecular complexity index is 1350. The quantitative estimate of drug-likeness (QED) is 0.468. The van der Waals surface area contributed by atoms with Gasteiger partial charge in [0.2, 0.25) is 5.95 Å². The van der Waals surface area contributed by atoms with Gasteiger partial charge < -0.3 is 5.73 Å². The number of sulfonamides is 1. The van der Waals surface area contributed by atoms with Crippen LogP contribution in [0, 0.1) is 6.92 Å². The van der Waals surface area contributed by atoms with Crippen molar-refractivity contribution in [3.63, 3.8) is 0 Å². The average Bonchev–Trinajstić information content (AvgIpc) is 2.74. The Morgan fingerprint density at radius 1 is 0.935 bits per heavy atom. The fraction of sp³-hybridized carbons (Fsp3) is 0.174. The van der Waals surface area contributed by atoms with Crippen LogP contribution in [0.25, 0.3) is 22.3 Å². The van der Waals surface area contributed by atoms with E-state index in [1.165, 1.54) is 0 Å². The molecule has 0 fully saturated rings. The molecule has 2 aromatic heterocycles. The lowest BCUT2D eigenvalue weighted by molar-refractivity contribution is 0.601. The summed E-state index contributed by atoms with van der Waals surface area (Å²) in [5.74, 6) is 0.219. The summed E-state index contributed by atoms with van der Waals surface area (Å²) in [6, 6.07) is 17.5. The highest BCUT2D eigenvalue weighted by Crippen LogP contribution is 2.30. The zero-order valence-electron chi connectivity index (χ0n) is 17.3. The van der Waals surface area contributed by atoms with Crippen molar-refractivity contribution in [1.82, 2.24) is 15.0 Å².